The third-order valence-corrected chi connectivity index (χ3v) is 2.41. The molecule has 0 amide bonds. The molecule has 0 aromatic heterocycles. The number of methoxy groups -OCH3 is 1. The Balaban J connectivity index is 1.90. The van der Waals surface area contributed by atoms with E-state index >= 15 is 0 Å². The van der Waals surface area contributed by atoms with E-state index in [1.807, 2.05) is 24.3 Å². The van der Waals surface area contributed by atoms with Gasteiger partial charge in [-0.05, 0) is 18.6 Å². The number of rotatable bonds is 11. The fourth-order valence-electron chi connectivity index (χ4n) is 1.45. The number of nitrogen functional groups attached to an aromatic ring is 1. The smallest absolute Gasteiger partial charge is 0.142 e. The van der Waals surface area contributed by atoms with E-state index in [-0.39, 0.29) is 0 Å². The first-order chi connectivity index (χ1) is 9.34. The normalized spacial score (nSPS) is 10.6. The highest BCUT2D eigenvalue weighted by molar-refractivity contribution is 5.51. The summed E-state index contributed by atoms with van der Waals surface area (Å²) in [6.07, 6.45) is 0.910. The van der Waals surface area contributed by atoms with Gasteiger partial charge in [-0.1, -0.05) is 12.1 Å². The molecule has 0 aliphatic heterocycles. The second kappa shape index (κ2) is 10.6. The lowest BCUT2D eigenvalue weighted by atomic mass is 10.3. The topological polar surface area (TPSA) is 62.9 Å². The summed E-state index contributed by atoms with van der Waals surface area (Å²) in [6, 6.07) is 7.41. The van der Waals surface area contributed by atoms with Crippen molar-refractivity contribution >= 4 is 5.69 Å². The van der Waals surface area contributed by atoms with Crippen LogP contribution in [0.5, 0.6) is 5.75 Å². The number of nitrogens with two attached hydrogens (primary N) is 1. The molecule has 19 heavy (non-hydrogen) atoms. The molecule has 1 aromatic rings. The molecule has 0 saturated carbocycles. The number of hydrogen-bond donors (Lipinski definition) is 1. The molecule has 5 heteroatoms. The summed E-state index contributed by atoms with van der Waals surface area (Å²) in [5.74, 6) is 0.696. The average Bonchev–Trinajstić information content (AvgIpc) is 2.43. The zero-order valence-corrected chi connectivity index (χ0v) is 11.5. The molecule has 108 valence electrons. The van der Waals surface area contributed by atoms with E-state index in [2.05, 4.69) is 0 Å². The van der Waals surface area contributed by atoms with Crippen LogP contribution in [-0.4, -0.2) is 46.8 Å². The predicted octanol–water partition coefficient (Wildman–Crippen LogP) is 1.72. The van der Waals surface area contributed by atoms with E-state index in [0.29, 0.717) is 44.5 Å². The molecule has 1 rings (SSSR count). The fourth-order valence-corrected chi connectivity index (χ4v) is 1.45. The lowest BCUT2D eigenvalue weighted by molar-refractivity contribution is 0.0304. The van der Waals surface area contributed by atoms with E-state index < -0.39 is 0 Å². The highest BCUT2D eigenvalue weighted by atomic mass is 16.5. The third kappa shape index (κ3) is 7.66. The molecule has 0 atom stereocenters. The van der Waals surface area contributed by atoms with Gasteiger partial charge in [0.05, 0.1) is 25.5 Å². The van der Waals surface area contributed by atoms with Gasteiger partial charge in [0.1, 0.15) is 12.4 Å². The summed E-state index contributed by atoms with van der Waals surface area (Å²) < 4.78 is 21.1. The van der Waals surface area contributed by atoms with Crippen LogP contribution in [0.25, 0.3) is 0 Å². The molecule has 5 nitrogen and oxygen atoms in total. The zero-order chi connectivity index (χ0) is 13.8. The fraction of sp³-hybridized carbons (Fsp3) is 0.571. The van der Waals surface area contributed by atoms with E-state index in [4.69, 9.17) is 24.7 Å². The maximum absolute atomic E-state index is 5.74. The molecule has 0 unspecified atom stereocenters. The summed E-state index contributed by atoms with van der Waals surface area (Å²) in [4.78, 5) is 0. The van der Waals surface area contributed by atoms with Crippen LogP contribution in [0.4, 0.5) is 5.69 Å². The summed E-state index contributed by atoms with van der Waals surface area (Å²) in [5, 5.41) is 0. The minimum atomic E-state index is 0.484. The van der Waals surface area contributed by atoms with E-state index in [9.17, 15) is 0 Å². The zero-order valence-electron chi connectivity index (χ0n) is 11.5. The Morgan fingerprint density at radius 1 is 0.895 bits per heavy atom. The van der Waals surface area contributed by atoms with Gasteiger partial charge in [0.15, 0.2) is 0 Å². The largest absolute Gasteiger partial charge is 0.489 e. The molecule has 0 bridgehead atoms. The number of anilines is 1. The maximum Gasteiger partial charge on any atom is 0.142 e. The van der Waals surface area contributed by atoms with Crippen molar-refractivity contribution in [3.8, 4) is 5.75 Å². The summed E-state index contributed by atoms with van der Waals surface area (Å²) in [7, 11) is 1.68. The summed E-state index contributed by atoms with van der Waals surface area (Å²) >= 11 is 0. The minimum absolute atomic E-state index is 0.484. The Kier molecular flexibility index (Phi) is 8.80. The highest BCUT2D eigenvalue weighted by Crippen LogP contribution is 2.19. The van der Waals surface area contributed by atoms with Gasteiger partial charge < -0.3 is 24.7 Å². The monoisotopic (exact) mass is 269 g/mol. The first-order valence-electron chi connectivity index (χ1n) is 6.46. The van der Waals surface area contributed by atoms with Crippen molar-refractivity contribution in [2.45, 2.75) is 6.42 Å². The molecule has 0 spiro atoms. The van der Waals surface area contributed by atoms with Gasteiger partial charge in [-0.2, -0.15) is 0 Å². The summed E-state index contributed by atoms with van der Waals surface area (Å²) in [5.41, 5.74) is 6.39. The molecule has 0 fully saturated rings. The molecule has 2 N–H and O–H groups in total. The van der Waals surface area contributed by atoms with Gasteiger partial charge in [-0.3, -0.25) is 0 Å². The lowest BCUT2D eigenvalue weighted by Crippen LogP contribution is -2.12. The van der Waals surface area contributed by atoms with Gasteiger partial charge in [0.25, 0.3) is 0 Å². The molecule has 0 aliphatic rings. The first kappa shape index (κ1) is 15.8. The predicted molar refractivity (Wildman–Crippen MR) is 74.5 cm³/mol. The second-order valence-corrected chi connectivity index (χ2v) is 3.96. The van der Waals surface area contributed by atoms with Crippen LogP contribution in [0.15, 0.2) is 24.3 Å². The van der Waals surface area contributed by atoms with Crippen LogP contribution in [0, 0.1) is 0 Å². The van der Waals surface area contributed by atoms with Gasteiger partial charge in [-0.25, -0.2) is 0 Å². The van der Waals surface area contributed by atoms with Crippen molar-refractivity contribution in [1.29, 1.82) is 0 Å². The lowest BCUT2D eigenvalue weighted by Gasteiger charge is -2.09. The third-order valence-electron chi connectivity index (χ3n) is 2.41. The molecular formula is C14H23NO4. The standard InChI is InChI=1S/C14H23NO4/c1-16-7-4-8-17-9-10-18-11-12-19-14-6-3-2-5-13(14)15/h2-3,5-6H,4,7-12,15H2,1H3. The second-order valence-electron chi connectivity index (χ2n) is 3.96. The average molecular weight is 269 g/mol. The number of hydrogen-bond acceptors (Lipinski definition) is 5. The van der Waals surface area contributed by atoms with Crippen LogP contribution in [0.3, 0.4) is 0 Å². The van der Waals surface area contributed by atoms with Crippen molar-refractivity contribution in [2.24, 2.45) is 0 Å². The Bertz CT molecular complexity index is 333. The van der Waals surface area contributed by atoms with Crippen molar-refractivity contribution in [2.75, 3.05) is 52.5 Å². The molecule has 0 heterocycles. The van der Waals surface area contributed by atoms with Gasteiger partial charge in [0.2, 0.25) is 0 Å². The van der Waals surface area contributed by atoms with Crippen molar-refractivity contribution in [1.82, 2.24) is 0 Å². The quantitative estimate of drug-likeness (QED) is 0.489. The van der Waals surface area contributed by atoms with Crippen LogP contribution in [-0.2, 0) is 14.2 Å². The summed E-state index contributed by atoms with van der Waals surface area (Å²) in [6.45, 7) is 3.60. The van der Waals surface area contributed by atoms with Crippen molar-refractivity contribution in [3.05, 3.63) is 24.3 Å². The molecule has 0 radical (unpaired) electrons. The van der Waals surface area contributed by atoms with E-state index in [1.54, 1.807) is 7.11 Å². The van der Waals surface area contributed by atoms with E-state index in [1.165, 1.54) is 0 Å². The molecule has 0 saturated heterocycles. The maximum atomic E-state index is 5.74. The molecule has 0 aliphatic carbocycles. The van der Waals surface area contributed by atoms with Gasteiger partial charge in [-0.15, -0.1) is 0 Å². The number of ether oxygens (including phenoxy) is 4. The van der Waals surface area contributed by atoms with Crippen molar-refractivity contribution < 1.29 is 18.9 Å². The SMILES string of the molecule is COCCCOCCOCCOc1ccccc1N. The molecule has 1 aromatic carbocycles. The minimum Gasteiger partial charge on any atom is -0.489 e. The Morgan fingerprint density at radius 3 is 2.32 bits per heavy atom. The van der Waals surface area contributed by atoms with Crippen LogP contribution < -0.4 is 10.5 Å². The van der Waals surface area contributed by atoms with Gasteiger partial charge in [0, 0.05) is 20.3 Å². The first-order valence-corrected chi connectivity index (χ1v) is 6.46. The van der Waals surface area contributed by atoms with Crippen LogP contribution in [0.2, 0.25) is 0 Å². The number of para-hydroxylation sites is 2. The Hall–Kier alpha value is -1.30. The van der Waals surface area contributed by atoms with Crippen LogP contribution in [0.1, 0.15) is 6.42 Å². The number of benzene rings is 1. The Labute approximate surface area is 114 Å². The van der Waals surface area contributed by atoms with E-state index in [0.717, 1.165) is 13.0 Å². The Morgan fingerprint density at radius 2 is 1.58 bits per heavy atom. The van der Waals surface area contributed by atoms with Crippen molar-refractivity contribution in [3.63, 3.8) is 0 Å². The highest BCUT2D eigenvalue weighted by Gasteiger charge is 1.97. The van der Waals surface area contributed by atoms with Gasteiger partial charge >= 0.3 is 0 Å². The van der Waals surface area contributed by atoms with Crippen LogP contribution >= 0.6 is 0 Å². The molecular weight excluding hydrogens is 246 g/mol.